The molecule has 0 radical (unpaired) electrons. The van der Waals surface area contributed by atoms with E-state index in [1.165, 1.54) is 4.90 Å². The van der Waals surface area contributed by atoms with Crippen molar-refractivity contribution in [3.8, 4) is 0 Å². The summed E-state index contributed by atoms with van der Waals surface area (Å²) in [5.41, 5.74) is 1.07. The second-order valence-corrected chi connectivity index (χ2v) is 5.46. The molecule has 0 bridgehead atoms. The van der Waals surface area contributed by atoms with E-state index in [2.05, 4.69) is 14.9 Å². The molecule has 2 saturated heterocycles. The SMILES string of the molecule is CN1C(=O)CC(N2CCC(c3ccncn3)CC2)C1=O. The fourth-order valence-electron chi connectivity index (χ4n) is 3.07. The number of hydrogen-bond donors (Lipinski definition) is 0. The Hall–Kier alpha value is -1.82. The van der Waals surface area contributed by atoms with Gasteiger partial charge >= 0.3 is 0 Å². The second kappa shape index (κ2) is 5.28. The molecular formula is C14H18N4O2. The number of aromatic nitrogens is 2. The summed E-state index contributed by atoms with van der Waals surface area (Å²) >= 11 is 0. The average molecular weight is 274 g/mol. The van der Waals surface area contributed by atoms with Gasteiger partial charge in [0.05, 0.1) is 12.5 Å². The quantitative estimate of drug-likeness (QED) is 0.731. The maximum Gasteiger partial charge on any atom is 0.246 e. The molecule has 6 heteroatoms. The van der Waals surface area contributed by atoms with Gasteiger partial charge in [0.2, 0.25) is 11.8 Å². The number of hydrogen-bond acceptors (Lipinski definition) is 5. The second-order valence-electron chi connectivity index (χ2n) is 5.46. The molecule has 0 N–H and O–H groups in total. The maximum absolute atomic E-state index is 12.0. The highest BCUT2D eigenvalue weighted by molar-refractivity contribution is 6.05. The molecule has 1 unspecified atom stereocenters. The van der Waals surface area contributed by atoms with Crippen LogP contribution in [0.4, 0.5) is 0 Å². The van der Waals surface area contributed by atoms with Crippen molar-refractivity contribution < 1.29 is 9.59 Å². The largest absolute Gasteiger partial charge is 0.291 e. The van der Waals surface area contributed by atoms with Gasteiger partial charge in [-0.15, -0.1) is 0 Å². The van der Waals surface area contributed by atoms with Gasteiger partial charge in [0.1, 0.15) is 6.33 Å². The first-order valence-electron chi connectivity index (χ1n) is 6.97. The van der Waals surface area contributed by atoms with Crippen LogP contribution in [0.5, 0.6) is 0 Å². The number of likely N-dealkylation sites (tertiary alicyclic amines) is 2. The minimum atomic E-state index is -0.251. The lowest BCUT2D eigenvalue weighted by atomic mass is 9.92. The Morgan fingerprint density at radius 2 is 2.00 bits per heavy atom. The monoisotopic (exact) mass is 274 g/mol. The molecule has 3 rings (SSSR count). The molecule has 1 aromatic rings. The zero-order valence-electron chi connectivity index (χ0n) is 11.5. The molecule has 0 aromatic carbocycles. The summed E-state index contributed by atoms with van der Waals surface area (Å²) in [7, 11) is 1.57. The molecule has 2 fully saturated rings. The molecule has 3 heterocycles. The number of imide groups is 1. The molecular weight excluding hydrogens is 256 g/mol. The van der Waals surface area contributed by atoms with Crippen molar-refractivity contribution in [3.63, 3.8) is 0 Å². The molecule has 1 atom stereocenters. The fourth-order valence-corrected chi connectivity index (χ4v) is 3.07. The number of piperidine rings is 1. The van der Waals surface area contributed by atoms with Gasteiger partial charge < -0.3 is 0 Å². The van der Waals surface area contributed by atoms with Gasteiger partial charge in [0, 0.05) is 24.9 Å². The number of carbonyl (C=O) groups is 2. The molecule has 2 aliphatic rings. The lowest BCUT2D eigenvalue weighted by Gasteiger charge is -2.34. The van der Waals surface area contributed by atoms with Crippen LogP contribution in [0.25, 0.3) is 0 Å². The summed E-state index contributed by atoms with van der Waals surface area (Å²) in [6.45, 7) is 1.68. The number of rotatable bonds is 2. The van der Waals surface area contributed by atoms with Gasteiger partial charge in [-0.1, -0.05) is 0 Å². The van der Waals surface area contributed by atoms with Crippen molar-refractivity contribution in [3.05, 3.63) is 24.3 Å². The lowest BCUT2D eigenvalue weighted by Crippen LogP contribution is -2.45. The smallest absolute Gasteiger partial charge is 0.246 e. The van der Waals surface area contributed by atoms with E-state index in [1.807, 2.05) is 6.07 Å². The first kappa shape index (κ1) is 13.2. The van der Waals surface area contributed by atoms with Crippen molar-refractivity contribution >= 4 is 11.8 Å². The van der Waals surface area contributed by atoms with Crippen molar-refractivity contribution in [1.29, 1.82) is 0 Å². The summed E-state index contributed by atoms with van der Waals surface area (Å²) in [5, 5.41) is 0. The summed E-state index contributed by atoms with van der Waals surface area (Å²) in [6, 6.07) is 1.71. The number of amides is 2. The Morgan fingerprint density at radius 3 is 2.55 bits per heavy atom. The third-order valence-corrected chi connectivity index (χ3v) is 4.35. The minimum Gasteiger partial charge on any atom is -0.291 e. The molecule has 20 heavy (non-hydrogen) atoms. The van der Waals surface area contributed by atoms with Crippen LogP contribution in [0.15, 0.2) is 18.6 Å². The fraction of sp³-hybridized carbons (Fsp3) is 0.571. The van der Waals surface area contributed by atoms with E-state index in [-0.39, 0.29) is 17.9 Å². The number of nitrogens with zero attached hydrogens (tertiary/aromatic N) is 4. The Labute approximate surface area is 117 Å². The van der Waals surface area contributed by atoms with Crippen LogP contribution in [0.1, 0.15) is 30.9 Å². The van der Waals surface area contributed by atoms with Crippen LogP contribution in [-0.2, 0) is 9.59 Å². The van der Waals surface area contributed by atoms with Crippen LogP contribution >= 0.6 is 0 Å². The van der Waals surface area contributed by atoms with Crippen LogP contribution in [0.2, 0.25) is 0 Å². The third kappa shape index (κ3) is 2.31. The predicted molar refractivity (Wildman–Crippen MR) is 71.8 cm³/mol. The molecule has 0 aliphatic carbocycles. The van der Waals surface area contributed by atoms with Gasteiger partial charge in [-0.25, -0.2) is 9.97 Å². The molecule has 1 aromatic heterocycles. The first-order valence-corrected chi connectivity index (χ1v) is 6.97. The Bertz CT molecular complexity index is 511. The van der Waals surface area contributed by atoms with E-state index in [1.54, 1.807) is 19.6 Å². The molecule has 2 amide bonds. The molecule has 6 nitrogen and oxygen atoms in total. The van der Waals surface area contributed by atoms with Gasteiger partial charge in [-0.05, 0) is 32.0 Å². The number of carbonyl (C=O) groups excluding carboxylic acids is 2. The van der Waals surface area contributed by atoms with Gasteiger partial charge in [-0.2, -0.15) is 0 Å². The van der Waals surface area contributed by atoms with E-state index in [0.29, 0.717) is 12.3 Å². The van der Waals surface area contributed by atoms with Crippen LogP contribution in [0, 0.1) is 0 Å². The normalized spacial score (nSPS) is 25.4. The van der Waals surface area contributed by atoms with Crippen molar-refractivity contribution in [1.82, 2.24) is 19.8 Å². The summed E-state index contributed by atoms with van der Waals surface area (Å²) < 4.78 is 0. The Morgan fingerprint density at radius 1 is 1.25 bits per heavy atom. The topological polar surface area (TPSA) is 66.4 Å². The van der Waals surface area contributed by atoms with Crippen LogP contribution in [0.3, 0.4) is 0 Å². The van der Waals surface area contributed by atoms with Crippen molar-refractivity contribution in [2.75, 3.05) is 20.1 Å². The van der Waals surface area contributed by atoms with Crippen molar-refractivity contribution in [2.24, 2.45) is 0 Å². The zero-order valence-corrected chi connectivity index (χ0v) is 11.5. The van der Waals surface area contributed by atoms with E-state index in [9.17, 15) is 9.59 Å². The van der Waals surface area contributed by atoms with Gasteiger partial charge in [0.15, 0.2) is 0 Å². The highest BCUT2D eigenvalue weighted by Gasteiger charge is 2.40. The van der Waals surface area contributed by atoms with Crippen LogP contribution in [-0.4, -0.2) is 57.8 Å². The van der Waals surface area contributed by atoms with Gasteiger partial charge in [0.25, 0.3) is 0 Å². The van der Waals surface area contributed by atoms with Gasteiger partial charge in [-0.3, -0.25) is 19.4 Å². The average Bonchev–Trinajstić information content (AvgIpc) is 2.76. The van der Waals surface area contributed by atoms with E-state index < -0.39 is 0 Å². The summed E-state index contributed by atoms with van der Waals surface area (Å²) in [5.74, 6) is 0.299. The summed E-state index contributed by atoms with van der Waals surface area (Å²) in [4.78, 5) is 35.2. The zero-order chi connectivity index (χ0) is 14.1. The van der Waals surface area contributed by atoms with E-state index in [0.717, 1.165) is 31.6 Å². The molecule has 106 valence electrons. The molecule has 2 aliphatic heterocycles. The minimum absolute atomic E-state index is 0.0597. The summed E-state index contributed by atoms with van der Waals surface area (Å²) in [6.07, 6.45) is 5.61. The Balaban J connectivity index is 1.62. The highest BCUT2D eigenvalue weighted by atomic mass is 16.2. The van der Waals surface area contributed by atoms with Crippen molar-refractivity contribution in [2.45, 2.75) is 31.2 Å². The van der Waals surface area contributed by atoms with E-state index in [4.69, 9.17) is 0 Å². The standard InChI is InChI=1S/C14H18N4O2/c1-17-13(19)8-12(14(17)20)18-6-3-10(4-7-18)11-2-5-15-9-16-11/h2,5,9-10,12H,3-4,6-8H2,1H3. The van der Waals surface area contributed by atoms with E-state index >= 15 is 0 Å². The third-order valence-electron chi connectivity index (χ3n) is 4.35. The number of likely N-dealkylation sites (N-methyl/N-ethyl adjacent to an activating group) is 1. The molecule has 0 saturated carbocycles. The van der Waals surface area contributed by atoms with Crippen LogP contribution < -0.4 is 0 Å². The first-order chi connectivity index (χ1) is 9.66. The molecule has 0 spiro atoms. The lowest BCUT2D eigenvalue weighted by molar-refractivity contribution is -0.138. The highest BCUT2D eigenvalue weighted by Crippen LogP contribution is 2.29. The predicted octanol–water partition coefficient (Wildman–Crippen LogP) is 0.413. The Kier molecular flexibility index (Phi) is 3.48. The maximum atomic E-state index is 12.0.